The third kappa shape index (κ3) is 2.82. The molecule has 0 unspecified atom stereocenters. The Morgan fingerprint density at radius 1 is 1.16 bits per heavy atom. The Balaban J connectivity index is 1.69. The number of nitrogen functional groups attached to an aromatic ring is 1. The quantitative estimate of drug-likeness (QED) is 0.472. The summed E-state index contributed by atoms with van der Waals surface area (Å²) in [5, 5.41) is 11.3. The molecule has 25 heavy (non-hydrogen) atoms. The van der Waals surface area contributed by atoms with Gasteiger partial charge in [-0.1, -0.05) is 12.1 Å². The molecule has 0 saturated carbocycles. The topological polar surface area (TPSA) is 103 Å². The number of carbonyl (C=O) groups is 1. The number of para-hydroxylation sites is 1. The van der Waals surface area contributed by atoms with Crippen LogP contribution >= 0.6 is 22.6 Å². The monoisotopic (exact) mass is 445 g/mol. The lowest BCUT2D eigenvalue weighted by molar-refractivity contribution is 0.102. The number of amides is 1. The number of halogens is 1. The Hall–Kier alpha value is -2.95. The SMILES string of the molecule is Nc1ccn2ncc(C(=O)Nc3ccnn3-c3ccccc3I)c2n1. The predicted molar refractivity (Wildman–Crippen MR) is 102 cm³/mol. The van der Waals surface area contributed by atoms with Gasteiger partial charge in [0.2, 0.25) is 0 Å². The number of nitrogens with zero attached hydrogens (tertiary/aromatic N) is 5. The highest BCUT2D eigenvalue weighted by Gasteiger charge is 2.17. The van der Waals surface area contributed by atoms with E-state index < -0.39 is 0 Å². The smallest absolute Gasteiger partial charge is 0.262 e. The molecular formula is C16H12IN7O. The molecule has 8 nitrogen and oxygen atoms in total. The maximum atomic E-state index is 12.7. The Morgan fingerprint density at radius 3 is 2.84 bits per heavy atom. The fourth-order valence-corrected chi connectivity index (χ4v) is 3.06. The summed E-state index contributed by atoms with van der Waals surface area (Å²) in [4.78, 5) is 16.9. The van der Waals surface area contributed by atoms with Crippen molar-refractivity contribution in [2.75, 3.05) is 11.1 Å². The van der Waals surface area contributed by atoms with Crippen LogP contribution in [0.25, 0.3) is 11.3 Å². The van der Waals surface area contributed by atoms with E-state index in [1.807, 2.05) is 24.3 Å². The fraction of sp³-hybridized carbons (Fsp3) is 0. The predicted octanol–water partition coefficient (Wildman–Crippen LogP) is 2.35. The summed E-state index contributed by atoms with van der Waals surface area (Å²) in [6.07, 6.45) is 4.75. The zero-order valence-electron chi connectivity index (χ0n) is 12.8. The number of anilines is 2. The number of nitrogens with two attached hydrogens (primary N) is 1. The van der Waals surface area contributed by atoms with E-state index in [4.69, 9.17) is 5.73 Å². The Bertz CT molecular complexity index is 1080. The number of hydrogen-bond acceptors (Lipinski definition) is 5. The van der Waals surface area contributed by atoms with Gasteiger partial charge in [-0.05, 0) is 40.8 Å². The van der Waals surface area contributed by atoms with Crippen LogP contribution in [0.15, 0.2) is 55.0 Å². The van der Waals surface area contributed by atoms with Gasteiger partial charge in [0.05, 0.1) is 18.1 Å². The molecule has 0 aliphatic heterocycles. The Labute approximate surface area is 155 Å². The van der Waals surface area contributed by atoms with Gasteiger partial charge in [0.15, 0.2) is 5.65 Å². The third-order valence-electron chi connectivity index (χ3n) is 3.60. The third-order valence-corrected chi connectivity index (χ3v) is 4.51. The van der Waals surface area contributed by atoms with Crippen molar-refractivity contribution in [3.63, 3.8) is 0 Å². The molecule has 0 radical (unpaired) electrons. The van der Waals surface area contributed by atoms with Crippen molar-refractivity contribution >= 4 is 45.8 Å². The number of rotatable bonds is 3. The Kier molecular flexibility index (Phi) is 3.84. The van der Waals surface area contributed by atoms with Crippen LogP contribution in [0.3, 0.4) is 0 Å². The molecule has 0 aliphatic rings. The number of benzene rings is 1. The summed E-state index contributed by atoms with van der Waals surface area (Å²) in [6, 6.07) is 11.1. The molecule has 124 valence electrons. The van der Waals surface area contributed by atoms with Crippen LogP contribution in [0, 0.1) is 3.57 Å². The number of carbonyl (C=O) groups excluding carboxylic acids is 1. The lowest BCUT2D eigenvalue weighted by atomic mass is 10.3. The minimum absolute atomic E-state index is 0.325. The molecule has 0 bridgehead atoms. The summed E-state index contributed by atoms with van der Waals surface area (Å²) in [5.41, 5.74) is 7.32. The number of nitrogens with one attached hydrogen (secondary N) is 1. The molecule has 0 aliphatic carbocycles. The van der Waals surface area contributed by atoms with Crippen molar-refractivity contribution in [3.05, 3.63) is 64.1 Å². The summed E-state index contributed by atoms with van der Waals surface area (Å²) in [6.45, 7) is 0. The molecule has 0 atom stereocenters. The van der Waals surface area contributed by atoms with E-state index >= 15 is 0 Å². The molecule has 0 fully saturated rings. The second kappa shape index (κ2) is 6.16. The van der Waals surface area contributed by atoms with Gasteiger partial charge >= 0.3 is 0 Å². The van der Waals surface area contributed by atoms with Gasteiger partial charge in [-0.3, -0.25) is 4.79 Å². The van der Waals surface area contributed by atoms with Crippen molar-refractivity contribution in [1.82, 2.24) is 24.4 Å². The highest BCUT2D eigenvalue weighted by molar-refractivity contribution is 14.1. The van der Waals surface area contributed by atoms with Crippen molar-refractivity contribution in [2.45, 2.75) is 0 Å². The summed E-state index contributed by atoms with van der Waals surface area (Å²) in [7, 11) is 0. The molecule has 1 amide bonds. The van der Waals surface area contributed by atoms with Gasteiger partial charge in [0.25, 0.3) is 5.91 Å². The van der Waals surface area contributed by atoms with E-state index in [1.54, 1.807) is 29.2 Å². The first kappa shape index (κ1) is 15.6. The second-order valence-electron chi connectivity index (χ2n) is 5.21. The van der Waals surface area contributed by atoms with Crippen molar-refractivity contribution in [2.24, 2.45) is 0 Å². The molecule has 4 aromatic rings. The van der Waals surface area contributed by atoms with Crippen LogP contribution in [-0.2, 0) is 0 Å². The van der Waals surface area contributed by atoms with E-state index in [0.717, 1.165) is 9.26 Å². The normalized spacial score (nSPS) is 10.9. The highest BCUT2D eigenvalue weighted by Crippen LogP contribution is 2.21. The van der Waals surface area contributed by atoms with Gasteiger partial charge in [-0.15, -0.1) is 0 Å². The summed E-state index contributed by atoms with van der Waals surface area (Å²) >= 11 is 2.23. The van der Waals surface area contributed by atoms with E-state index in [0.29, 0.717) is 22.8 Å². The zero-order chi connectivity index (χ0) is 17.4. The van der Waals surface area contributed by atoms with E-state index in [2.05, 4.69) is 43.1 Å². The average molecular weight is 445 g/mol. The highest BCUT2D eigenvalue weighted by atomic mass is 127. The summed E-state index contributed by atoms with van der Waals surface area (Å²) in [5.74, 6) is 0.545. The van der Waals surface area contributed by atoms with Crippen LogP contribution in [0.2, 0.25) is 0 Å². The minimum Gasteiger partial charge on any atom is -0.384 e. The molecule has 0 saturated heterocycles. The summed E-state index contributed by atoms with van der Waals surface area (Å²) < 4.78 is 4.19. The fourth-order valence-electron chi connectivity index (χ4n) is 2.44. The van der Waals surface area contributed by atoms with E-state index in [-0.39, 0.29) is 5.91 Å². The number of fused-ring (bicyclic) bond motifs is 1. The first-order chi connectivity index (χ1) is 12.1. The van der Waals surface area contributed by atoms with E-state index in [1.165, 1.54) is 10.7 Å². The van der Waals surface area contributed by atoms with Crippen molar-refractivity contribution < 1.29 is 4.79 Å². The lowest BCUT2D eigenvalue weighted by Crippen LogP contribution is -2.15. The molecule has 3 N–H and O–H groups in total. The molecule has 9 heteroatoms. The van der Waals surface area contributed by atoms with Gasteiger partial charge in [-0.25, -0.2) is 14.2 Å². The standard InChI is InChI=1S/C16H12IN7O/c17-11-3-1-2-4-12(11)24-14(5-7-19-24)22-16(25)10-9-20-23-8-6-13(18)21-15(10)23/h1-9H,(H2,18,21)(H,22,25). The molecule has 0 spiro atoms. The van der Waals surface area contributed by atoms with Gasteiger partial charge < -0.3 is 11.1 Å². The number of hydrogen-bond donors (Lipinski definition) is 2. The van der Waals surface area contributed by atoms with Crippen LogP contribution in [0.1, 0.15) is 10.4 Å². The molecule has 1 aromatic carbocycles. The van der Waals surface area contributed by atoms with Gasteiger partial charge in [-0.2, -0.15) is 10.2 Å². The minimum atomic E-state index is -0.333. The van der Waals surface area contributed by atoms with Crippen molar-refractivity contribution in [1.29, 1.82) is 0 Å². The molecule has 3 aromatic heterocycles. The number of aromatic nitrogens is 5. The van der Waals surface area contributed by atoms with Gasteiger partial charge in [0, 0.05) is 15.8 Å². The lowest BCUT2D eigenvalue weighted by Gasteiger charge is -2.10. The first-order valence-corrected chi connectivity index (χ1v) is 8.41. The van der Waals surface area contributed by atoms with Gasteiger partial charge in [0.1, 0.15) is 17.2 Å². The first-order valence-electron chi connectivity index (χ1n) is 7.33. The van der Waals surface area contributed by atoms with Crippen LogP contribution < -0.4 is 11.1 Å². The average Bonchev–Trinajstić information content (AvgIpc) is 3.21. The zero-order valence-corrected chi connectivity index (χ0v) is 15.0. The molecule has 4 rings (SSSR count). The van der Waals surface area contributed by atoms with Crippen LogP contribution in [0.4, 0.5) is 11.6 Å². The van der Waals surface area contributed by atoms with Crippen LogP contribution in [0.5, 0.6) is 0 Å². The maximum Gasteiger partial charge on any atom is 0.262 e. The second-order valence-corrected chi connectivity index (χ2v) is 6.37. The molecule has 3 heterocycles. The molecular weight excluding hydrogens is 433 g/mol. The van der Waals surface area contributed by atoms with E-state index in [9.17, 15) is 4.79 Å². The maximum absolute atomic E-state index is 12.7. The largest absolute Gasteiger partial charge is 0.384 e. The van der Waals surface area contributed by atoms with Crippen molar-refractivity contribution in [3.8, 4) is 5.69 Å². The van der Waals surface area contributed by atoms with Crippen LogP contribution in [-0.4, -0.2) is 30.3 Å². The Morgan fingerprint density at radius 2 is 2.00 bits per heavy atom.